The Kier molecular flexibility index (Phi) is 5.71. The summed E-state index contributed by atoms with van der Waals surface area (Å²) < 4.78 is 28.2. The second kappa shape index (κ2) is 7.71. The number of hydrogen-bond acceptors (Lipinski definition) is 5. The van der Waals surface area contributed by atoms with Gasteiger partial charge in [0.1, 0.15) is 0 Å². The number of nitrogens with zero attached hydrogens (tertiary/aromatic N) is 3. The van der Waals surface area contributed by atoms with Crippen molar-refractivity contribution in [1.29, 1.82) is 0 Å². The molecule has 0 saturated heterocycles. The monoisotopic (exact) mass is 406 g/mol. The van der Waals surface area contributed by atoms with E-state index in [1.165, 1.54) is 23.3 Å². The fourth-order valence-corrected chi connectivity index (χ4v) is 4.44. The molecule has 1 N–H and O–H groups in total. The Bertz CT molecular complexity index is 929. The van der Waals surface area contributed by atoms with Crippen LogP contribution in [0.2, 0.25) is 0 Å². The minimum absolute atomic E-state index is 0.330. The average molecular weight is 407 g/mol. The largest absolute Gasteiger partial charge is 0.338 e. The van der Waals surface area contributed by atoms with E-state index >= 15 is 0 Å². The van der Waals surface area contributed by atoms with Crippen LogP contribution in [0.25, 0.3) is 0 Å². The van der Waals surface area contributed by atoms with Crippen LogP contribution in [0.15, 0.2) is 52.3 Å². The molecule has 1 atom stereocenters. The minimum Gasteiger partial charge on any atom is -0.338 e. The molecule has 146 valence electrons. The summed E-state index contributed by atoms with van der Waals surface area (Å²) >= 11 is 1.71. The van der Waals surface area contributed by atoms with E-state index in [0.29, 0.717) is 11.7 Å². The number of anilines is 3. The average Bonchev–Trinajstić information content (AvgIpc) is 2.61. The molecule has 0 aliphatic carbocycles. The van der Waals surface area contributed by atoms with Gasteiger partial charge in [0.05, 0.1) is 17.1 Å². The molecule has 1 aliphatic rings. The Morgan fingerprint density at radius 1 is 1.04 bits per heavy atom. The molecule has 6 nitrogen and oxygen atoms in total. The molecule has 0 saturated carbocycles. The molecule has 0 fully saturated rings. The predicted octanol–water partition coefficient (Wildman–Crippen LogP) is 3.46. The second-order valence-electron chi connectivity index (χ2n) is 7.07. The van der Waals surface area contributed by atoms with Gasteiger partial charge in [0.25, 0.3) is 0 Å². The molecule has 1 aliphatic heterocycles. The highest BCUT2D eigenvalue weighted by molar-refractivity contribution is 7.99. The van der Waals surface area contributed by atoms with E-state index in [1.54, 1.807) is 11.8 Å². The Labute approximate surface area is 166 Å². The first-order chi connectivity index (χ1) is 12.7. The number of hydrogen-bond donors (Lipinski definition) is 1. The highest BCUT2D eigenvalue weighted by Crippen LogP contribution is 2.48. The normalized spacial score (nSPS) is 14.9. The first-order valence-corrected chi connectivity index (χ1v) is 11.0. The third-order valence-corrected chi connectivity index (χ3v) is 7.27. The van der Waals surface area contributed by atoms with E-state index in [-0.39, 0.29) is 0 Å². The summed E-state index contributed by atoms with van der Waals surface area (Å²) in [5.41, 5.74) is 2.73. The molecule has 3 rings (SSSR count). The summed E-state index contributed by atoms with van der Waals surface area (Å²) in [5, 5.41) is 0. The van der Waals surface area contributed by atoms with Crippen LogP contribution in [0.5, 0.6) is 0 Å². The van der Waals surface area contributed by atoms with Gasteiger partial charge in [-0.15, -0.1) is 0 Å². The molecular weight excluding hydrogens is 380 g/mol. The molecule has 0 radical (unpaired) electrons. The lowest BCUT2D eigenvalue weighted by atomic mass is 10.1. The highest BCUT2D eigenvalue weighted by Gasteiger charge is 2.26. The number of fused-ring (bicyclic) bond motifs is 2. The minimum atomic E-state index is -3.54. The van der Waals surface area contributed by atoms with Gasteiger partial charge in [0.2, 0.25) is 0 Å². The number of nitrogens with one attached hydrogen (secondary N) is 1. The molecule has 2 aromatic carbocycles. The van der Waals surface area contributed by atoms with Crippen molar-refractivity contribution in [3.8, 4) is 0 Å². The van der Waals surface area contributed by atoms with Crippen molar-refractivity contribution in [1.82, 2.24) is 9.21 Å². The van der Waals surface area contributed by atoms with Crippen LogP contribution in [0, 0.1) is 0 Å². The first-order valence-electron chi connectivity index (χ1n) is 8.74. The molecule has 8 heteroatoms. The van der Waals surface area contributed by atoms with Crippen molar-refractivity contribution in [2.45, 2.75) is 22.8 Å². The SMILES string of the molecule is CC(CN1c2ccccc2Sc2ccc(NS(=O)(=O)N(C)C)cc21)N(C)C. The second-order valence-corrected chi connectivity index (χ2v) is 10.0. The Balaban J connectivity index is 2.02. The number of likely N-dealkylation sites (N-methyl/N-ethyl adjacent to an activating group) is 1. The molecule has 0 aromatic heterocycles. The van der Waals surface area contributed by atoms with Gasteiger partial charge in [0, 0.05) is 36.5 Å². The maximum absolute atomic E-state index is 12.2. The van der Waals surface area contributed by atoms with Gasteiger partial charge in [0.15, 0.2) is 0 Å². The Morgan fingerprint density at radius 3 is 2.37 bits per heavy atom. The zero-order valence-corrected chi connectivity index (χ0v) is 17.9. The van der Waals surface area contributed by atoms with Gasteiger partial charge >= 0.3 is 10.2 Å². The molecule has 1 heterocycles. The van der Waals surface area contributed by atoms with Gasteiger partial charge in [-0.05, 0) is 51.4 Å². The maximum Gasteiger partial charge on any atom is 0.301 e. The van der Waals surface area contributed by atoms with E-state index in [9.17, 15) is 8.42 Å². The Morgan fingerprint density at radius 2 is 1.70 bits per heavy atom. The Hall–Kier alpha value is -1.74. The summed E-state index contributed by atoms with van der Waals surface area (Å²) in [4.78, 5) is 6.78. The van der Waals surface area contributed by atoms with Crippen molar-refractivity contribution in [2.24, 2.45) is 0 Å². The molecule has 27 heavy (non-hydrogen) atoms. The van der Waals surface area contributed by atoms with Crippen LogP contribution in [-0.4, -0.2) is 58.4 Å². The lowest BCUT2D eigenvalue weighted by molar-refractivity contribution is 0.319. The fraction of sp³-hybridized carbons (Fsp3) is 0.368. The van der Waals surface area contributed by atoms with E-state index in [4.69, 9.17) is 0 Å². The standard InChI is InChI=1S/C19H26N4O2S2/c1-14(21(2)3)13-23-16-8-6-7-9-18(16)26-19-11-10-15(12-17(19)23)20-27(24,25)22(4)5/h6-12,14,20H,13H2,1-5H3. The van der Waals surface area contributed by atoms with Crippen molar-refractivity contribution in [3.63, 3.8) is 0 Å². The summed E-state index contributed by atoms with van der Waals surface area (Å²) in [6.45, 7) is 2.99. The molecule has 1 unspecified atom stereocenters. The third-order valence-electron chi connectivity index (χ3n) is 4.68. The van der Waals surface area contributed by atoms with Crippen LogP contribution < -0.4 is 9.62 Å². The summed E-state index contributed by atoms with van der Waals surface area (Å²) in [7, 11) is 3.62. The van der Waals surface area contributed by atoms with Crippen LogP contribution in [0.4, 0.5) is 17.1 Å². The van der Waals surface area contributed by atoms with Gasteiger partial charge in [-0.1, -0.05) is 23.9 Å². The highest BCUT2D eigenvalue weighted by atomic mass is 32.2. The van der Waals surface area contributed by atoms with E-state index in [0.717, 1.165) is 22.8 Å². The van der Waals surface area contributed by atoms with Gasteiger partial charge in [-0.2, -0.15) is 12.7 Å². The fourth-order valence-electron chi connectivity index (χ4n) is 2.76. The van der Waals surface area contributed by atoms with Crippen molar-refractivity contribution in [3.05, 3.63) is 42.5 Å². The number of para-hydroxylation sites is 1. The third kappa shape index (κ3) is 4.24. The van der Waals surface area contributed by atoms with Gasteiger partial charge in [-0.25, -0.2) is 0 Å². The first kappa shape index (κ1) is 20.0. The van der Waals surface area contributed by atoms with Crippen LogP contribution in [0.3, 0.4) is 0 Å². The van der Waals surface area contributed by atoms with E-state index in [1.807, 2.05) is 30.3 Å². The maximum atomic E-state index is 12.2. The molecule has 2 aromatic rings. The van der Waals surface area contributed by atoms with Gasteiger partial charge in [-0.3, -0.25) is 4.72 Å². The lowest BCUT2D eigenvalue weighted by Crippen LogP contribution is -2.37. The predicted molar refractivity (Wildman–Crippen MR) is 113 cm³/mol. The topological polar surface area (TPSA) is 55.9 Å². The van der Waals surface area contributed by atoms with Crippen molar-refractivity contribution in [2.75, 3.05) is 44.4 Å². The van der Waals surface area contributed by atoms with Crippen LogP contribution in [-0.2, 0) is 10.2 Å². The quantitative estimate of drug-likeness (QED) is 0.796. The van der Waals surface area contributed by atoms with Crippen LogP contribution >= 0.6 is 11.8 Å². The summed E-state index contributed by atoms with van der Waals surface area (Å²) in [6, 6.07) is 14.4. The molecule has 0 bridgehead atoms. The molecule has 0 spiro atoms. The summed E-state index contributed by atoms with van der Waals surface area (Å²) in [5.74, 6) is 0. The number of rotatable bonds is 6. The smallest absolute Gasteiger partial charge is 0.301 e. The molecule has 0 amide bonds. The lowest BCUT2D eigenvalue weighted by Gasteiger charge is -2.36. The summed E-state index contributed by atoms with van der Waals surface area (Å²) in [6.07, 6.45) is 0. The zero-order chi connectivity index (χ0) is 19.8. The number of benzene rings is 2. The van der Waals surface area contributed by atoms with Crippen LogP contribution in [0.1, 0.15) is 6.92 Å². The molecular formula is C19H26N4O2S2. The van der Waals surface area contributed by atoms with E-state index < -0.39 is 10.2 Å². The van der Waals surface area contributed by atoms with Crippen molar-refractivity contribution >= 4 is 39.0 Å². The zero-order valence-electron chi connectivity index (χ0n) is 16.3. The van der Waals surface area contributed by atoms with Crippen molar-refractivity contribution < 1.29 is 8.42 Å². The van der Waals surface area contributed by atoms with Gasteiger partial charge < -0.3 is 9.80 Å². The van der Waals surface area contributed by atoms with E-state index in [2.05, 4.69) is 47.7 Å².